The Hall–Kier alpha value is -4.17. The van der Waals surface area contributed by atoms with Gasteiger partial charge in [-0.1, -0.05) is 78.9 Å². The van der Waals surface area contributed by atoms with Crippen molar-refractivity contribution in [1.29, 1.82) is 0 Å². The summed E-state index contributed by atoms with van der Waals surface area (Å²) in [6.07, 6.45) is 0.313. The zero-order chi connectivity index (χ0) is 27.4. The van der Waals surface area contributed by atoms with E-state index >= 15 is 0 Å². The molecule has 1 heterocycles. The van der Waals surface area contributed by atoms with E-state index in [1.54, 1.807) is 0 Å². The van der Waals surface area contributed by atoms with Gasteiger partial charge in [-0.25, -0.2) is 9.59 Å². The Kier molecular flexibility index (Phi) is 7.93. The second-order valence-electron chi connectivity index (χ2n) is 10.2. The first-order valence-electron chi connectivity index (χ1n) is 13.3. The molecule has 0 saturated carbocycles. The maximum absolute atomic E-state index is 13.5. The quantitative estimate of drug-likeness (QED) is 0.435. The van der Waals surface area contributed by atoms with Crippen LogP contribution < -0.4 is 5.32 Å². The molecule has 3 aromatic rings. The summed E-state index contributed by atoms with van der Waals surface area (Å²) in [4.78, 5) is 41.7. The third kappa shape index (κ3) is 5.81. The number of aliphatic carboxylic acids is 1. The van der Waals surface area contributed by atoms with Crippen LogP contribution in [0.1, 0.15) is 35.4 Å². The third-order valence-corrected chi connectivity index (χ3v) is 7.54. The number of carboxylic acid groups (broad SMARTS) is 1. The van der Waals surface area contributed by atoms with Crippen LogP contribution >= 0.6 is 0 Å². The summed E-state index contributed by atoms with van der Waals surface area (Å²) < 4.78 is 5.70. The molecule has 202 valence electrons. The van der Waals surface area contributed by atoms with Gasteiger partial charge in [0.2, 0.25) is 5.91 Å². The second-order valence-corrected chi connectivity index (χ2v) is 10.2. The van der Waals surface area contributed by atoms with E-state index in [0.29, 0.717) is 25.9 Å². The van der Waals surface area contributed by atoms with Crippen molar-refractivity contribution in [3.05, 3.63) is 95.6 Å². The van der Waals surface area contributed by atoms with Crippen LogP contribution in [-0.2, 0) is 20.9 Å². The van der Waals surface area contributed by atoms with Crippen molar-refractivity contribution in [3.8, 4) is 11.1 Å². The van der Waals surface area contributed by atoms with E-state index in [1.807, 2.05) is 78.7 Å². The number of carbonyl (C=O) groups excluding carboxylic acids is 2. The fraction of sp³-hybridized carbons (Fsp3) is 0.323. The SMILES string of the molecule is CN(Cc1ccccc1)CC(NC(=O)OCC1c2ccccc2-c2ccccc21)C(=O)N1CCC[C@@H]1C(=O)O. The van der Waals surface area contributed by atoms with Crippen LogP contribution in [0.15, 0.2) is 78.9 Å². The number of likely N-dealkylation sites (N-methyl/N-ethyl adjacent to an activating group) is 1. The highest BCUT2D eigenvalue weighted by atomic mass is 16.5. The number of amides is 2. The predicted octanol–water partition coefficient (Wildman–Crippen LogP) is 4.10. The molecule has 5 rings (SSSR count). The van der Waals surface area contributed by atoms with E-state index in [2.05, 4.69) is 17.4 Å². The summed E-state index contributed by atoms with van der Waals surface area (Å²) in [5, 5.41) is 12.4. The molecular formula is C31H33N3O5. The van der Waals surface area contributed by atoms with Crippen LogP contribution in [0.4, 0.5) is 4.79 Å². The monoisotopic (exact) mass is 527 g/mol. The average Bonchev–Trinajstić information content (AvgIpc) is 3.55. The molecule has 1 fully saturated rings. The van der Waals surface area contributed by atoms with Crippen molar-refractivity contribution < 1.29 is 24.2 Å². The Balaban J connectivity index is 1.29. The zero-order valence-corrected chi connectivity index (χ0v) is 22.0. The molecule has 1 saturated heterocycles. The van der Waals surface area contributed by atoms with Crippen LogP contribution in [0.3, 0.4) is 0 Å². The topological polar surface area (TPSA) is 99.2 Å². The van der Waals surface area contributed by atoms with Crippen molar-refractivity contribution in [3.63, 3.8) is 0 Å². The normalized spacial score (nSPS) is 17.0. The first kappa shape index (κ1) is 26.4. The standard InChI is InChI=1S/C31H33N3O5/c1-33(18-21-10-3-2-4-11-21)19-27(29(35)34-17-9-16-28(34)30(36)37)32-31(38)39-20-26-24-14-7-5-12-22(24)23-13-6-8-15-25(23)26/h2-8,10-15,26-28H,9,16-20H2,1H3,(H,32,38)(H,36,37)/t27?,28-/m1/s1. The van der Waals surface area contributed by atoms with Gasteiger partial charge in [0.25, 0.3) is 0 Å². The lowest BCUT2D eigenvalue weighted by molar-refractivity contribution is -0.149. The minimum Gasteiger partial charge on any atom is -0.480 e. The smallest absolute Gasteiger partial charge is 0.407 e. The number of nitrogens with one attached hydrogen (secondary N) is 1. The van der Waals surface area contributed by atoms with E-state index < -0.39 is 30.1 Å². The summed E-state index contributed by atoms with van der Waals surface area (Å²) in [7, 11) is 1.87. The number of ether oxygens (including phenoxy) is 1. The molecule has 8 nitrogen and oxygen atoms in total. The van der Waals surface area contributed by atoms with Crippen molar-refractivity contribution in [1.82, 2.24) is 15.1 Å². The number of hydrogen-bond acceptors (Lipinski definition) is 5. The Morgan fingerprint density at radius 3 is 2.23 bits per heavy atom. The summed E-state index contributed by atoms with van der Waals surface area (Å²) in [6, 6.07) is 24.2. The highest BCUT2D eigenvalue weighted by molar-refractivity contribution is 5.90. The molecule has 0 radical (unpaired) electrons. The molecule has 1 aliphatic carbocycles. The lowest BCUT2D eigenvalue weighted by Crippen LogP contribution is -2.55. The fourth-order valence-electron chi connectivity index (χ4n) is 5.73. The van der Waals surface area contributed by atoms with Crippen LogP contribution in [-0.4, -0.2) is 71.7 Å². The molecule has 1 aliphatic heterocycles. The highest BCUT2D eigenvalue weighted by Gasteiger charge is 2.38. The lowest BCUT2D eigenvalue weighted by atomic mass is 9.98. The van der Waals surface area contributed by atoms with Crippen LogP contribution in [0.25, 0.3) is 11.1 Å². The Morgan fingerprint density at radius 1 is 0.974 bits per heavy atom. The van der Waals surface area contributed by atoms with Gasteiger partial charge < -0.3 is 20.1 Å². The number of nitrogens with zero attached hydrogens (tertiary/aromatic N) is 2. The number of rotatable bonds is 9. The van der Waals surface area contributed by atoms with E-state index in [1.165, 1.54) is 4.90 Å². The minimum absolute atomic E-state index is 0.104. The summed E-state index contributed by atoms with van der Waals surface area (Å²) in [6.45, 7) is 1.25. The Labute approximate surface area is 228 Å². The Bertz CT molecular complexity index is 1300. The van der Waals surface area contributed by atoms with Crippen molar-refractivity contribution in [2.24, 2.45) is 0 Å². The molecule has 2 atom stereocenters. The largest absolute Gasteiger partial charge is 0.480 e. The van der Waals surface area contributed by atoms with Gasteiger partial charge in [-0.15, -0.1) is 0 Å². The molecule has 0 spiro atoms. The molecule has 39 heavy (non-hydrogen) atoms. The van der Waals surface area contributed by atoms with Gasteiger partial charge in [0.05, 0.1) is 0 Å². The van der Waals surface area contributed by atoms with Gasteiger partial charge in [0.1, 0.15) is 18.7 Å². The number of likely N-dealkylation sites (tertiary alicyclic amines) is 1. The van der Waals surface area contributed by atoms with Gasteiger partial charge >= 0.3 is 12.1 Å². The van der Waals surface area contributed by atoms with Gasteiger partial charge in [-0.2, -0.15) is 0 Å². The van der Waals surface area contributed by atoms with Crippen molar-refractivity contribution in [2.45, 2.75) is 37.4 Å². The van der Waals surface area contributed by atoms with Gasteiger partial charge in [-0.3, -0.25) is 9.69 Å². The van der Waals surface area contributed by atoms with Gasteiger partial charge in [-0.05, 0) is 47.7 Å². The molecule has 8 heteroatoms. The molecule has 2 aliphatic rings. The molecule has 1 unspecified atom stereocenters. The molecule has 3 aromatic carbocycles. The van der Waals surface area contributed by atoms with Crippen molar-refractivity contribution in [2.75, 3.05) is 26.7 Å². The lowest BCUT2D eigenvalue weighted by Gasteiger charge is -2.30. The first-order chi connectivity index (χ1) is 18.9. The van der Waals surface area contributed by atoms with E-state index in [-0.39, 0.29) is 19.1 Å². The summed E-state index contributed by atoms with van der Waals surface area (Å²) in [5.74, 6) is -1.54. The average molecular weight is 528 g/mol. The summed E-state index contributed by atoms with van der Waals surface area (Å²) >= 11 is 0. The number of hydrogen-bond donors (Lipinski definition) is 2. The first-order valence-corrected chi connectivity index (χ1v) is 13.3. The van der Waals surface area contributed by atoms with Crippen LogP contribution in [0.5, 0.6) is 0 Å². The maximum atomic E-state index is 13.5. The highest BCUT2D eigenvalue weighted by Crippen LogP contribution is 2.44. The molecule has 2 N–H and O–H groups in total. The minimum atomic E-state index is -1.03. The molecular weight excluding hydrogens is 494 g/mol. The Morgan fingerprint density at radius 2 is 1.59 bits per heavy atom. The van der Waals surface area contributed by atoms with Crippen LogP contribution in [0.2, 0.25) is 0 Å². The number of fused-ring (bicyclic) bond motifs is 3. The van der Waals surface area contributed by atoms with E-state index in [9.17, 15) is 19.5 Å². The molecule has 0 bridgehead atoms. The number of carboxylic acids is 1. The second kappa shape index (κ2) is 11.7. The van der Waals surface area contributed by atoms with Gasteiger partial charge in [0, 0.05) is 25.6 Å². The number of alkyl carbamates (subject to hydrolysis) is 1. The number of carbonyl (C=O) groups is 3. The third-order valence-electron chi connectivity index (χ3n) is 7.54. The summed E-state index contributed by atoms with van der Waals surface area (Å²) in [5.41, 5.74) is 5.53. The van der Waals surface area contributed by atoms with E-state index in [4.69, 9.17) is 4.74 Å². The number of benzene rings is 3. The maximum Gasteiger partial charge on any atom is 0.407 e. The predicted molar refractivity (Wildman–Crippen MR) is 147 cm³/mol. The van der Waals surface area contributed by atoms with Crippen LogP contribution in [0, 0.1) is 0 Å². The van der Waals surface area contributed by atoms with E-state index in [0.717, 1.165) is 27.8 Å². The fourth-order valence-corrected chi connectivity index (χ4v) is 5.73. The van der Waals surface area contributed by atoms with Gasteiger partial charge in [0.15, 0.2) is 0 Å². The molecule has 0 aromatic heterocycles. The van der Waals surface area contributed by atoms with Crippen molar-refractivity contribution >= 4 is 18.0 Å². The zero-order valence-electron chi connectivity index (χ0n) is 22.0. The molecule has 2 amide bonds.